The van der Waals surface area contributed by atoms with E-state index in [4.69, 9.17) is 0 Å². The van der Waals surface area contributed by atoms with Crippen molar-refractivity contribution in [3.8, 4) is 0 Å². The first kappa shape index (κ1) is 18.4. The first-order valence-corrected chi connectivity index (χ1v) is 7.68. The van der Waals surface area contributed by atoms with Crippen LogP contribution in [0.15, 0.2) is 53.2 Å². The highest BCUT2D eigenvalue weighted by Crippen LogP contribution is 2.27. The van der Waals surface area contributed by atoms with Crippen LogP contribution in [0.4, 0.5) is 8.78 Å². The number of ketones is 1. The molecule has 5 heteroatoms. The number of alkyl halides is 2. The van der Waals surface area contributed by atoms with Gasteiger partial charge in [0.1, 0.15) is 4.62 Å². The van der Waals surface area contributed by atoms with Gasteiger partial charge in [-0.25, -0.2) is 13.8 Å². The molecule has 0 bridgehead atoms. The molecule has 0 spiro atoms. The van der Waals surface area contributed by atoms with E-state index in [1.165, 1.54) is 24.3 Å². The number of rotatable bonds is 6. The zero-order valence-electron chi connectivity index (χ0n) is 12.7. The van der Waals surface area contributed by atoms with E-state index in [1.807, 2.05) is 13.8 Å². The predicted octanol–water partition coefficient (Wildman–Crippen LogP) is 5.64. The molecule has 0 amide bonds. The van der Waals surface area contributed by atoms with Gasteiger partial charge in [0.05, 0.1) is 5.57 Å². The van der Waals surface area contributed by atoms with E-state index < -0.39 is 5.92 Å². The highest BCUT2D eigenvalue weighted by Gasteiger charge is 2.24. The lowest BCUT2D eigenvalue weighted by atomic mass is 10.0. The summed E-state index contributed by atoms with van der Waals surface area (Å²) in [5.41, 5.74) is 0.642. The van der Waals surface area contributed by atoms with Gasteiger partial charge in [0, 0.05) is 24.3 Å². The van der Waals surface area contributed by atoms with Crippen molar-refractivity contribution >= 4 is 26.3 Å². The molecule has 0 saturated carbocycles. The lowest BCUT2D eigenvalue weighted by Gasteiger charge is -2.11. The van der Waals surface area contributed by atoms with Crippen molar-refractivity contribution in [3.63, 3.8) is 0 Å². The van der Waals surface area contributed by atoms with Gasteiger partial charge in [-0.15, -0.1) is 0 Å². The van der Waals surface area contributed by atoms with Crippen LogP contribution < -0.4 is 0 Å². The Kier molecular flexibility index (Phi) is 6.81. The number of Topliss-reactive ketones (excluding diaryl/α,β-unsaturated/α-hetero) is 1. The second kappa shape index (κ2) is 8.13. The fraction of sp³-hybridized carbons (Fsp3) is 0.294. The number of aliphatic imine (C=N–C) groups is 1. The van der Waals surface area contributed by atoms with Crippen LogP contribution in [0.25, 0.3) is 0 Å². The van der Waals surface area contributed by atoms with Gasteiger partial charge in [0.2, 0.25) is 0 Å². The molecule has 0 aliphatic carbocycles. The molecule has 0 radical (unpaired) electrons. The van der Waals surface area contributed by atoms with Crippen LogP contribution >= 0.6 is 15.9 Å². The zero-order chi connectivity index (χ0) is 16.8. The molecule has 0 N–H and O–H groups in total. The molecule has 0 aliphatic rings. The van der Waals surface area contributed by atoms with Gasteiger partial charge < -0.3 is 0 Å². The van der Waals surface area contributed by atoms with Gasteiger partial charge in [0.15, 0.2) is 5.78 Å². The molecule has 118 valence electrons. The number of nitrogens with zero attached hydrogens (tertiary/aromatic N) is 1. The second-order valence-corrected chi connectivity index (χ2v) is 5.47. The van der Waals surface area contributed by atoms with Gasteiger partial charge in [-0.1, -0.05) is 43.3 Å². The normalized spacial score (nSPS) is 13.7. The standard InChI is InChI=1S/C17H18BrF2NO/c1-4-6-14(16(18)21-11-5-2)15(22)12-7-9-13(10-8-12)17(3,19)20/h5-11H,4H2,1-3H3/b11-5-,14-6+,21-16+. The van der Waals surface area contributed by atoms with Crippen LogP contribution in [-0.4, -0.2) is 10.4 Å². The van der Waals surface area contributed by atoms with Gasteiger partial charge in [0.25, 0.3) is 5.92 Å². The van der Waals surface area contributed by atoms with Gasteiger partial charge in [-0.05, 0) is 29.3 Å². The average Bonchev–Trinajstić information content (AvgIpc) is 2.49. The summed E-state index contributed by atoms with van der Waals surface area (Å²) in [5.74, 6) is -3.18. The molecule has 1 aromatic rings. The Bertz CT molecular complexity index is 611. The SMILES string of the molecule is C\C=C/N=C(Br)\C(=C\CC)C(=O)c1ccc(C(C)(F)F)cc1. The number of benzene rings is 1. The summed E-state index contributed by atoms with van der Waals surface area (Å²) in [6.45, 7) is 4.55. The fourth-order valence-corrected chi connectivity index (χ4v) is 2.21. The average molecular weight is 370 g/mol. The Labute approximate surface area is 137 Å². The number of allylic oxidation sites excluding steroid dienone is 3. The fourth-order valence-electron chi connectivity index (χ4n) is 1.75. The Morgan fingerprint density at radius 3 is 2.36 bits per heavy atom. The van der Waals surface area contributed by atoms with Crippen LogP contribution in [0.2, 0.25) is 0 Å². The highest BCUT2D eigenvalue weighted by molar-refractivity contribution is 9.18. The van der Waals surface area contributed by atoms with Crippen molar-refractivity contribution in [1.29, 1.82) is 0 Å². The summed E-state index contributed by atoms with van der Waals surface area (Å²) in [5, 5.41) is 0. The molecular formula is C17H18BrF2NO. The van der Waals surface area contributed by atoms with E-state index in [2.05, 4.69) is 20.9 Å². The molecule has 0 unspecified atom stereocenters. The summed E-state index contributed by atoms with van der Waals surface area (Å²) in [4.78, 5) is 16.6. The molecule has 0 fully saturated rings. The van der Waals surface area contributed by atoms with Crippen molar-refractivity contribution in [2.24, 2.45) is 4.99 Å². The van der Waals surface area contributed by atoms with Gasteiger partial charge in [-0.3, -0.25) is 4.79 Å². The van der Waals surface area contributed by atoms with Crippen molar-refractivity contribution in [2.45, 2.75) is 33.1 Å². The summed E-state index contributed by atoms with van der Waals surface area (Å²) in [7, 11) is 0. The van der Waals surface area contributed by atoms with Crippen molar-refractivity contribution in [3.05, 3.63) is 59.3 Å². The summed E-state index contributed by atoms with van der Waals surface area (Å²) in [6.07, 6.45) is 5.73. The van der Waals surface area contributed by atoms with Crippen molar-refractivity contribution in [1.82, 2.24) is 0 Å². The molecule has 1 aromatic carbocycles. The molecule has 0 aliphatic heterocycles. The molecule has 0 atom stereocenters. The zero-order valence-corrected chi connectivity index (χ0v) is 14.3. The van der Waals surface area contributed by atoms with Crippen LogP contribution in [0.1, 0.15) is 43.1 Å². The van der Waals surface area contributed by atoms with E-state index >= 15 is 0 Å². The minimum atomic E-state index is -2.92. The lowest BCUT2D eigenvalue weighted by molar-refractivity contribution is 0.0174. The molecular weight excluding hydrogens is 352 g/mol. The summed E-state index contributed by atoms with van der Waals surface area (Å²) in [6, 6.07) is 5.37. The third kappa shape index (κ3) is 4.98. The number of hydrogen-bond acceptors (Lipinski definition) is 2. The molecule has 22 heavy (non-hydrogen) atoms. The third-order valence-corrected chi connectivity index (χ3v) is 3.50. The largest absolute Gasteiger partial charge is 0.289 e. The number of carbonyl (C=O) groups excluding carboxylic acids is 1. The van der Waals surface area contributed by atoms with E-state index in [0.29, 0.717) is 22.2 Å². The number of carbonyl (C=O) groups is 1. The minimum absolute atomic E-state index is 0.119. The Morgan fingerprint density at radius 1 is 1.32 bits per heavy atom. The van der Waals surface area contributed by atoms with E-state index in [-0.39, 0.29) is 11.3 Å². The van der Waals surface area contributed by atoms with Crippen LogP contribution in [-0.2, 0) is 5.92 Å². The van der Waals surface area contributed by atoms with Gasteiger partial charge in [-0.2, -0.15) is 0 Å². The Morgan fingerprint density at radius 2 is 1.91 bits per heavy atom. The van der Waals surface area contributed by atoms with Crippen LogP contribution in [0.3, 0.4) is 0 Å². The Hall–Kier alpha value is -1.62. The first-order valence-electron chi connectivity index (χ1n) is 6.89. The highest BCUT2D eigenvalue weighted by atomic mass is 79.9. The van der Waals surface area contributed by atoms with Crippen LogP contribution in [0, 0.1) is 0 Å². The molecule has 2 nitrogen and oxygen atoms in total. The first-order chi connectivity index (χ1) is 10.3. The molecule has 1 rings (SSSR count). The van der Waals surface area contributed by atoms with Crippen molar-refractivity contribution in [2.75, 3.05) is 0 Å². The monoisotopic (exact) mass is 369 g/mol. The smallest absolute Gasteiger partial charge is 0.270 e. The van der Waals surface area contributed by atoms with Crippen molar-refractivity contribution < 1.29 is 13.6 Å². The number of hydrogen-bond donors (Lipinski definition) is 0. The maximum absolute atomic E-state index is 13.2. The Balaban J connectivity index is 3.13. The van der Waals surface area contributed by atoms with Crippen LogP contribution in [0.5, 0.6) is 0 Å². The number of halogens is 3. The summed E-state index contributed by atoms with van der Waals surface area (Å²) >= 11 is 3.28. The van der Waals surface area contributed by atoms with E-state index in [0.717, 1.165) is 6.92 Å². The summed E-state index contributed by atoms with van der Waals surface area (Å²) < 4.78 is 26.8. The quantitative estimate of drug-likeness (QED) is 0.362. The maximum Gasteiger partial charge on any atom is 0.270 e. The maximum atomic E-state index is 13.2. The van der Waals surface area contributed by atoms with E-state index in [9.17, 15) is 13.6 Å². The minimum Gasteiger partial charge on any atom is -0.289 e. The molecule has 0 saturated heterocycles. The van der Waals surface area contributed by atoms with E-state index in [1.54, 1.807) is 18.4 Å². The second-order valence-electron chi connectivity index (χ2n) is 4.72. The lowest BCUT2D eigenvalue weighted by Crippen LogP contribution is -2.11. The predicted molar refractivity (Wildman–Crippen MR) is 89.9 cm³/mol. The molecule has 0 aromatic heterocycles. The molecule has 0 heterocycles. The third-order valence-electron chi connectivity index (χ3n) is 2.87. The van der Waals surface area contributed by atoms with Gasteiger partial charge >= 0.3 is 0 Å². The topological polar surface area (TPSA) is 29.4 Å².